The molecule has 116 valence electrons. The van der Waals surface area contributed by atoms with Crippen LogP contribution in [0, 0.1) is 19.7 Å². The summed E-state index contributed by atoms with van der Waals surface area (Å²) in [6.45, 7) is 3.88. The van der Waals surface area contributed by atoms with Crippen LogP contribution < -0.4 is 5.32 Å². The molecule has 0 aliphatic heterocycles. The fourth-order valence-corrected chi connectivity index (χ4v) is 2.32. The third kappa shape index (κ3) is 3.16. The quantitative estimate of drug-likeness (QED) is 0.743. The maximum Gasteiger partial charge on any atom is 0.291 e. The number of hydrogen-bond acceptors (Lipinski definition) is 2. The van der Waals surface area contributed by atoms with Gasteiger partial charge in [0.1, 0.15) is 11.6 Å². The molecule has 3 nitrogen and oxygen atoms in total. The molecule has 0 saturated heterocycles. The number of hydrogen-bond donors (Lipinski definition) is 1. The first kappa shape index (κ1) is 15.0. The minimum absolute atomic E-state index is 0.143. The first-order valence-corrected chi connectivity index (χ1v) is 7.28. The maximum absolute atomic E-state index is 13.8. The lowest BCUT2D eigenvalue weighted by molar-refractivity contribution is 0.0997. The molecular formula is C19H16FNO2. The molecule has 0 bridgehead atoms. The Morgan fingerprint density at radius 2 is 1.83 bits per heavy atom. The van der Waals surface area contributed by atoms with E-state index in [1.165, 1.54) is 6.07 Å². The number of halogens is 1. The van der Waals surface area contributed by atoms with Gasteiger partial charge in [0, 0.05) is 5.69 Å². The fourth-order valence-electron chi connectivity index (χ4n) is 2.32. The van der Waals surface area contributed by atoms with Gasteiger partial charge in [-0.15, -0.1) is 0 Å². The van der Waals surface area contributed by atoms with E-state index in [1.807, 2.05) is 32.0 Å². The molecule has 0 fully saturated rings. The van der Waals surface area contributed by atoms with Crippen molar-refractivity contribution in [3.05, 3.63) is 77.3 Å². The van der Waals surface area contributed by atoms with Crippen molar-refractivity contribution in [3.8, 4) is 11.3 Å². The van der Waals surface area contributed by atoms with E-state index in [2.05, 4.69) is 5.32 Å². The number of furan rings is 1. The average Bonchev–Trinajstić information content (AvgIpc) is 3.01. The van der Waals surface area contributed by atoms with E-state index in [0.717, 1.165) is 16.8 Å². The second-order valence-corrected chi connectivity index (χ2v) is 5.42. The Labute approximate surface area is 133 Å². The lowest BCUT2D eigenvalue weighted by Crippen LogP contribution is -2.11. The Balaban J connectivity index is 1.84. The third-order valence-corrected chi connectivity index (χ3v) is 3.61. The smallest absolute Gasteiger partial charge is 0.291 e. The van der Waals surface area contributed by atoms with E-state index in [4.69, 9.17) is 4.42 Å². The Kier molecular flexibility index (Phi) is 3.98. The van der Waals surface area contributed by atoms with Gasteiger partial charge in [0.05, 0.1) is 5.56 Å². The molecule has 1 N–H and O–H groups in total. The molecule has 0 saturated carbocycles. The Bertz CT molecular complexity index is 867. The number of nitrogens with one attached hydrogen (secondary N) is 1. The summed E-state index contributed by atoms with van der Waals surface area (Å²) in [7, 11) is 0. The van der Waals surface area contributed by atoms with Crippen LogP contribution in [0.25, 0.3) is 11.3 Å². The van der Waals surface area contributed by atoms with Crippen molar-refractivity contribution in [3.63, 3.8) is 0 Å². The van der Waals surface area contributed by atoms with Gasteiger partial charge in [-0.05, 0) is 55.3 Å². The topological polar surface area (TPSA) is 42.2 Å². The zero-order chi connectivity index (χ0) is 16.4. The zero-order valence-corrected chi connectivity index (χ0v) is 12.9. The number of carbonyl (C=O) groups excluding carboxylic acids is 1. The minimum atomic E-state index is -0.386. The van der Waals surface area contributed by atoms with E-state index in [0.29, 0.717) is 11.3 Å². The second-order valence-electron chi connectivity index (χ2n) is 5.42. The van der Waals surface area contributed by atoms with Gasteiger partial charge >= 0.3 is 0 Å². The summed E-state index contributed by atoms with van der Waals surface area (Å²) >= 11 is 0. The van der Waals surface area contributed by atoms with E-state index in [-0.39, 0.29) is 17.5 Å². The molecule has 1 amide bonds. The summed E-state index contributed by atoms with van der Waals surface area (Å²) in [5.41, 5.74) is 3.08. The van der Waals surface area contributed by atoms with Gasteiger partial charge < -0.3 is 9.73 Å². The molecule has 0 spiro atoms. The van der Waals surface area contributed by atoms with Crippen molar-refractivity contribution in [1.29, 1.82) is 0 Å². The summed E-state index contributed by atoms with van der Waals surface area (Å²) in [5, 5.41) is 2.82. The lowest BCUT2D eigenvalue weighted by atomic mass is 10.1. The lowest BCUT2D eigenvalue weighted by Gasteiger charge is -2.08. The predicted molar refractivity (Wildman–Crippen MR) is 88.0 cm³/mol. The largest absolute Gasteiger partial charge is 0.451 e. The number of rotatable bonds is 3. The van der Waals surface area contributed by atoms with Crippen molar-refractivity contribution in [1.82, 2.24) is 0 Å². The van der Waals surface area contributed by atoms with Crippen LogP contribution >= 0.6 is 0 Å². The minimum Gasteiger partial charge on any atom is -0.451 e. The van der Waals surface area contributed by atoms with Gasteiger partial charge in [-0.2, -0.15) is 0 Å². The normalized spacial score (nSPS) is 10.6. The highest BCUT2D eigenvalue weighted by Gasteiger charge is 2.15. The summed E-state index contributed by atoms with van der Waals surface area (Å²) < 4.78 is 19.3. The number of aryl methyl sites for hydroxylation is 2. The van der Waals surface area contributed by atoms with Crippen molar-refractivity contribution in [2.24, 2.45) is 0 Å². The van der Waals surface area contributed by atoms with Crippen LogP contribution in [-0.2, 0) is 0 Å². The van der Waals surface area contributed by atoms with Crippen LogP contribution in [0.15, 0.2) is 59.0 Å². The molecule has 23 heavy (non-hydrogen) atoms. The van der Waals surface area contributed by atoms with Crippen LogP contribution in [0.3, 0.4) is 0 Å². The number of carbonyl (C=O) groups is 1. The van der Waals surface area contributed by atoms with Crippen molar-refractivity contribution in [2.45, 2.75) is 13.8 Å². The molecule has 0 aliphatic carbocycles. The molecule has 0 aliphatic rings. The van der Waals surface area contributed by atoms with Crippen molar-refractivity contribution < 1.29 is 13.6 Å². The molecule has 0 radical (unpaired) electrons. The van der Waals surface area contributed by atoms with Crippen LogP contribution in [0.2, 0.25) is 0 Å². The van der Waals surface area contributed by atoms with Gasteiger partial charge in [-0.1, -0.05) is 24.3 Å². The molecule has 2 aromatic carbocycles. The molecule has 3 aromatic rings. The van der Waals surface area contributed by atoms with E-state index >= 15 is 0 Å². The molecule has 0 atom stereocenters. The maximum atomic E-state index is 13.8. The monoisotopic (exact) mass is 309 g/mol. The average molecular weight is 309 g/mol. The summed E-state index contributed by atoms with van der Waals surface area (Å²) in [5.74, 6) is -0.275. The van der Waals surface area contributed by atoms with Crippen LogP contribution in [0.4, 0.5) is 10.1 Å². The Hall–Kier alpha value is -2.88. The van der Waals surface area contributed by atoms with Crippen LogP contribution in [-0.4, -0.2) is 5.91 Å². The molecule has 4 heteroatoms. The van der Waals surface area contributed by atoms with Gasteiger partial charge in [0.2, 0.25) is 0 Å². The zero-order valence-electron chi connectivity index (χ0n) is 12.9. The van der Waals surface area contributed by atoms with E-state index in [1.54, 1.807) is 30.3 Å². The Morgan fingerprint density at radius 1 is 1.04 bits per heavy atom. The number of anilines is 1. The SMILES string of the molecule is Cc1ccc(C)c(NC(=O)c2ccc(-c3ccccc3F)o2)c1. The number of benzene rings is 2. The molecule has 3 rings (SSSR count). The molecular weight excluding hydrogens is 293 g/mol. The van der Waals surface area contributed by atoms with Crippen LogP contribution in [0.1, 0.15) is 21.7 Å². The summed E-state index contributed by atoms with van der Waals surface area (Å²) in [6.07, 6.45) is 0. The van der Waals surface area contributed by atoms with Gasteiger partial charge in [-0.3, -0.25) is 4.79 Å². The van der Waals surface area contributed by atoms with E-state index in [9.17, 15) is 9.18 Å². The predicted octanol–water partition coefficient (Wildman–Crippen LogP) is 4.95. The fraction of sp³-hybridized carbons (Fsp3) is 0.105. The van der Waals surface area contributed by atoms with Gasteiger partial charge in [0.15, 0.2) is 5.76 Å². The number of amides is 1. The third-order valence-electron chi connectivity index (χ3n) is 3.61. The molecule has 0 unspecified atom stereocenters. The summed E-state index contributed by atoms with van der Waals surface area (Å²) in [6, 6.07) is 15.2. The standard InChI is InChI=1S/C19H16FNO2/c1-12-7-8-13(2)16(11-12)21-19(22)18-10-9-17(23-18)14-5-3-4-6-15(14)20/h3-11H,1-2H3,(H,21,22). The van der Waals surface area contributed by atoms with Crippen molar-refractivity contribution >= 4 is 11.6 Å². The van der Waals surface area contributed by atoms with E-state index < -0.39 is 0 Å². The highest BCUT2D eigenvalue weighted by atomic mass is 19.1. The summed E-state index contributed by atoms with van der Waals surface area (Å²) in [4.78, 5) is 12.3. The van der Waals surface area contributed by atoms with Crippen LogP contribution in [0.5, 0.6) is 0 Å². The second kappa shape index (κ2) is 6.08. The van der Waals surface area contributed by atoms with Gasteiger partial charge in [0.25, 0.3) is 5.91 Å². The molecule has 1 aromatic heterocycles. The molecule has 1 heterocycles. The highest BCUT2D eigenvalue weighted by molar-refractivity contribution is 6.03. The first-order chi connectivity index (χ1) is 11.0. The first-order valence-electron chi connectivity index (χ1n) is 7.28. The highest BCUT2D eigenvalue weighted by Crippen LogP contribution is 2.25. The van der Waals surface area contributed by atoms with Gasteiger partial charge in [-0.25, -0.2) is 4.39 Å². The Morgan fingerprint density at radius 3 is 2.61 bits per heavy atom. The van der Waals surface area contributed by atoms with Crippen molar-refractivity contribution in [2.75, 3.05) is 5.32 Å².